The molecule has 2 N–H and O–H groups in total. The second-order valence-corrected chi connectivity index (χ2v) is 14.7. The van der Waals surface area contributed by atoms with Crippen molar-refractivity contribution >= 4 is 61.2 Å². The van der Waals surface area contributed by atoms with Gasteiger partial charge in [-0.05, 0) is 93.3 Å². The number of halogens is 2. The van der Waals surface area contributed by atoms with E-state index in [2.05, 4.69) is 37.3 Å². The summed E-state index contributed by atoms with van der Waals surface area (Å²) in [5, 5.41) is 12.1. The van der Waals surface area contributed by atoms with Gasteiger partial charge in [0.15, 0.2) is 11.5 Å². The van der Waals surface area contributed by atoms with Crippen molar-refractivity contribution < 1.29 is 29.0 Å². The van der Waals surface area contributed by atoms with Crippen molar-refractivity contribution in [3.63, 3.8) is 0 Å². The lowest BCUT2D eigenvalue weighted by Gasteiger charge is -2.51. The number of imide groups is 2. The number of benzene rings is 3. The van der Waals surface area contributed by atoms with Gasteiger partial charge in [-0.2, -0.15) is 5.01 Å². The highest BCUT2D eigenvalue weighted by molar-refractivity contribution is 9.13. The first-order valence-electron chi connectivity index (χ1n) is 16.1. The third-order valence-electron chi connectivity index (χ3n) is 10.6. The maximum atomic E-state index is 15.3. The summed E-state index contributed by atoms with van der Waals surface area (Å²) in [4.78, 5) is 59.0. The van der Waals surface area contributed by atoms with E-state index in [-0.39, 0.29) is 29.7 Å². The normalized spacial score (nSPS) is 27.9. The molecule has 2 heterocycles. The van der Waals surface area contributed by atoms with Gasteiger partial charge in [0.25, 0.3) is 11.8 Å². The van der Waals surface area contributed by atoms with Gasteiger partial charge in [-0.1, -0.05) is 66.6 Å². The molecule has 2 aliphatic heterocycles. The summed E-state index contributed by atoms with van der Waals surface area (Å²) in [5.74, 6) is -4.46. The van der Waals surface area contributed by atoms with Crippen LogP contribution < -0.4 is 10.2 Å². The summed E-state index contributed by atoms with van der Waals surface area (Å²) >= 11 is 7.24. The highest BCUT2D eigenvalue weighted by Crippen LogP contribution is 2.65. The molecule has 0 radical (unpaired) electrons. The van der Waals surface area contributed by atoms with Crippen LogP contribution in [0.3, 0.4) is 0 Å². The lowest BCUT2D eigenvalue weighted by molar-refractivity contribution is -0.141. The smallest absolute Gasteiger partial charge is 0.260 e. The maximum absolute atomic E-state index is 15.3. The number of nitrogens with one attached hydrogen (secondary N) is 1. The van der Waals surface area contributed by atoms with Gasteiger partial charge in [0.05, 0.1) is 40.4 Å². The summed E-state index contributed by atoms with van der Waals surface area (Å²) in [6.07, 6.45) is 3.22. The molecule has 248 valence electrons. The Morgan fingerprint density at radius 1 is 0.958 bits per heavy atom. The first kappa shape index (κ1) is 32.6. The Balaban J connectivity index is 1.49. The van der Waals surface area contributed by atoms with E-state index in [1.807, 2.05) is 74.5 Å². The van der Waals surface area contributed by atoms with Crippen LogP contribution >= 0.6 is 31.9 Å². The number of aryl methyl sites for hydroxylation is 1. The summed E-state index contributed by atoms with van der Waals surface area (Å²) in [6.45, 7) is 4.23. The minimum Gasteiger partial charge on any atom is -0.503 e. The van der Waals surface area contributed by atoms with Gasteiger partial charge in [-0.15, -0.1) is 0 Å². The van der Waals surface area contributed by atoms with Crippen LogP contribution in [0.4, 0.5) is 5.69 Å². The number of hydrogen-bond donors (Lipinski definition) is 2. The number of nitrogens with zero attached hydrogens (tertiary/aromatic N) is 2. The van der Waals surface area contributed by atoms with Crippen LogP contribution in [0.15, 0.2) is 81.3 Å². The van der Waals surface area contributed by atoms with Gasteiger partial charge in [0.2, 0.25) is 11.8 Å². The Kier molecular flexibility index (Phi) is 8.26. The number of carbonyl (C=O) groups is 4. The molecule has 0 aromatic heterocycles. The summed E-state index contributed by atoms with van der Waals surface area (Å²) in [7, 11) is 1.45. The molecule has 48 heavy (non-hydrogen) atoms. The molecule has 6 atom stereocenters. The number of amides is 4. The van der Waals surface area contributed by atoms with Crippen LogP contribution in [-0.4, -0.2) is 52.3 Å². The molecular formula is C37H35Br2N3O6. The molecule has 11 heteroatoms. The molecule has 2 aliphatic carbocycles. The molecule has 1 saturated carbocycles. The van der Waals surface area contributed by atoms with E-state index in [1.165, 1.54) is 12.0 Å². The van der Waals surface area contributed by atoms with Crippen LogP contribution in [-0.2, 0) is 24.6 Å². The number of likely N-dealkylation sites (tertiary alicyclic amines) is 1. The second kappa shape index (κ2) is 12.2. The van der Waals surface area contributed by atoms with Gasteiger partial charge < -0.3 is 9.84 Å². The number of allylic oxidation sites excluding steroid dienone is 2. The van der Waals surface area contributed by atoms with E-state index in [4.69, 9.17) is 4.74 Å². The van der Waals surface area contributed by atoms with E-state index in [0.29, 0.717) is 45.1 Å². The quantitative estimate of drug-likeness (QED) is 0.205. The zero-order chi connectivity index (χ0) is 34.1. The predicted molar refractivity (Wildman–Crippen MR) is 186 cm³/mol. The molecule has 4 aliphatic rings. The van der Waals surface area contributed by atoms with E-state index >= 15 is 4.79 Å². The monoisotopic (exact) mass is 775 g/mol. The van der Waals surface area contributed by atoms with Gasteiger partial charge in [-0.3, -0.25) is 29.5 Å². The zero-order valence-electron chi connectivity index (χ0n) is 26.7. The first-order valence-corrected chi connectivity index (χ1v) is 17.7. The van der Waals surface area contributed by atoms with Crippen LogP contribution in [0.1, 0.15) is 48.8 Å². The van der Waals surface area contributed by atoms with E-state index in [1.54, 1.807) is 6.07 Å². The second-order valence-electron chi connectivity index (χ2n) is 13.1. The van der Waals surface area contributed by atoms with Crippen molar-refractivity contribution in [3.8, 4) is 11.5 Å². The first-order chi connectivity index (χ1) is 23.1. The molecule has 7 rings (SSSR count). The lowest BCUT2D eigenvalue weighted by Crippen LogP contribution is -2.53. The van der Waals surface area contributed by atoms with Crippen molar-refractivity contribution in [2.24, 2.45) is 23.7 Å². The Labute approximate surface area is 295 Å². The average molecular weight is 778 g/mol. The summed E-state index contributed by atoms with van der Waals surface area (Å²) in [5.41, 5.74) is 5.39. The Bertz CT molecular complexity index is 1880. The lowest BCUT2D eigenvalue weighted by atomic mass is 9.49. The molecule has 4 amide bonds. The van der Waals surface area contributed by atoms with Gasteiger partial charge in [-0.25, -0.2) is 0 Å². The standard InChI is InChI=1S/C37H35Br2N3O6/c1-4-16-41-33(44)23-15-14-22-24(28(23)35(41)46)17-26-34(45)42(40-21-12-10-19(2)11-13-21)36(47)37(26,20-8-6-5-7-9-20)29(22)25-18-27(48-3)32(43)31(39)30(25)38/h5-14,18,23-24,26,28-29,40,43H,4,15-17H2,1-3H3. The number of ether oxygens (including phenoxy) is 1. The molecule has 3 aromatic rings. The van der Waals surface area contributed by atoms with E-state index in [0.717, 1.165) is 16.1 Å². The topological polar surface area (TPSA) is 116 Å². The molecular weight excluding hydrogens is 742 g/mol. The number of phenolic OH excluding ortho intramolecular Hbond substituents is 1. The molecule has 9 nitrogen and oxygen atoms in total. The SMILES string of the molecule is CCCN1C(=O)C2CC=C3C(CC4C(=O)N(Nc5ccc(C)cc5)C(=O)C4(c4ccccc4)C3c3cc(OC)c(O)c(Br)c3Br)C2C1=O. The highest BCUT2D eigenvalue weighted by Gasteiger charge is 2.70. The fourth-order valence-electron chi connectivity index (χ4n) is 8.58. The largest absolute Gasteiger partial charge is 0.503 e. The third kappa shape index (κ3) is 4.60. The number of phenols is 1. The number of aromatic hydroxyl groups is 1. The average Bonchev–Trinajstić information content (AvgIpc) is 3.46. The van der Waals surface area contributed by atoms with Gasteiger partial charge >= 0.3 is 0 Å². The van der Waals surface area contributed by atoms with E-state index < -0.39 is 46.8 Å². The van der Waals surface area contributed by atoms with E-state index in [9.17, 15) is 19.5 Å². The maximum Gasteiger partial charge on any atom is 0.260 e. The Morgan fingerprint density at radius 2 is 1.67 bits per heavy atom. The minimum atomic E-state index is -1.44. The molecule has 0 spiro atoms. The number of hydrogen-bond acceptors (Lipinski definition) is 7. The fraction of sp³-hybridized carbons (Fsp3) is 0.351. The fourth-order valence-corrected chi connectivity index (χ4v) is 9.53. The number of anilines is 1. The molecule has 3 fully saturated rings. The number of fused-ring (bicyclic) bond motifs is 4. The van der Waals surface area contributed by atoms with Crippen molar-refractivity contribution in [2.75, 3.05) is 19.1 Å². The van der Waals surface area contributed by atoms with Crippen LogP contribution in [0.25, 0.3) is 0 Å². The van der Waals surface area contributed by atoms with Crippen LogP contribution in [0.5, 0.6) is 11.5 Å². The van der Waals surface area contributed by atoms with Crippen molar-refractivity contribution in [2.45, 2.75) is 44.4 Å². The van der Waals surface area contributed by atoms with Gasteiger partial charge in [0, 0.05) is 16.9 Å². The molecule has 2 saturated heterocycles. The molecule has 0 bridgehead atoms. The van der Waals surface area contributed by atoms with Gasteiger partial charge in [0.1, 0.15) is 0 Å². The minimum absolute atomic E-state index is 0.119. The zero-order valence-corrected chi connectivity index (χ0v) is 29.9. The predicted octanol–water partition coefficient (Wildman–Crippen LogP) is 6.63. The Hall–Kier alpha value is -3.96. The van der Waals surface area contributed by atoms with Crippen molar-refractivity contribution in [1.29, 1.82) is 0 Å². The number of methoxy groups -OCH3 is 1. The molecule has 6 unspecified atom stereocenters. The number of rotatable bonds is 7. The van der Waals surface area contributed by atoms with Crippen molar-refractivity contribution in [3.05, 3.63) is 97.9 Å². The van der Waals surface area contributed by atoms with Crippen molar-refractivity contribution in [1.82, 2.24) is 9.91 Å². The Morgan fingerprint density at radius 3 is 2.33 bits per heavy atom. The molecule has 3 aromatic carbocycles. The summed E-state index contributed by atoms with van der Waals surface area (Å²) in [6, 6.07) is 18.5. The van der Waals surface area contributed by atoms with Crippen LogP contribution in [0, 0.1) is 30.6 Å². The number of hydrazine groups is 1. The van der Waals surface area contributed by atoms with Crippen LogP contribution in [0.2, 0.25) is 0 Å². The highest BCUT2D eigenvalue weighted by atomic mass is 79.9. The number of carbonyl (C=O) groups excluding carboxylic acids is 4. The third-order valence-corrected chi connectivity index (χ3v) is 12.8. The summed E-state index contributed by atoms with van der Waals surface area (Å²) < 4.78 is 6.43.